The summed E-state index contributed by atoms with van der Waals surface area (Å²) in [4.78, 5) is 74.0. The molecule has 0 spiro atoms. The van der Waals surface area contributed by atoms with Crippen molar-refractivity contribution in [3.63, 3.8) is 0 Å². The van der Waals surface area contributed by atoms with E-state index in [1.54, 1.807) is 109 Å². The van der Waals surface area contributed by atoms with E-state index >= 15 is 0 Å². The van der Waals surface area contributed by atoms with Gasteiger partial charge in [0.15, 0.2) is 0 Å². The van der Waals surface area contributed by atoms with Gasteiger partial charge in [-0.1, -0.05) is 239 Å². The van der Waals surface area contributed by atoms with Crippen LogP contribution < -0.4 is 16.0 Å². The number of carbonyl (C=O) groups is 6. The van der Waals surface area contributed by atoms with Gasteiger partial charge in [0.05, 0.1) is 6.61 Å². The second-order valence-corrected chi connectivity index (χ2v) is 19.2. The monoisotopic (exact) mass is 1240 g/mol. The Morgan fingerprint density at radius 2 is 0.779 bits per heavy atom. The zero-order valence-electron chi connectivity index (χ0n) is 47.2. The van der Waals surface area contributed by atoms with Crippen molar-refractivity contribution in [3.8, 4) is 0 Å². The lowest BCUT2D eigenvalue weighted by Crippen LogP contribution is -2.28. The summed E-state index contributed by atoms with van der Waals surface area (Å²) in [5.41, 5.74) is 6.55. The molecule has 5 N–H and O–H groups in total. The molecule has 0 aliphatic carbocycles. The normalized spacial score (nSPS) is 10.5. The lowest BCUT2D eigenvalue weighted by atomic mass is 10.1. The number of allylic oxidation sites excluding steroid dienone is 1. The number of esters is 1. The number of halogens is 2. The fourth-order valence-electron chi connectivity index (χ4n) is 7.11. The Morgan fingerprint density at radius 3 is 1.10 bits per heavy atom. The molecule has 0 radical (unpaired) electrons. The number of benzene rings is 8. The standard InChI is InChI=1S/C24H21NO3.C16H12ClNO2.C16H13NO3.C7H7BrO.C6H15N.2CH4/c1-18-12-14-20(15-13-18)17-28-24(27)22(16-19-8-4-2-5-9-19)25-23(26)21-10-6-3-7-11-21;17-15(19)14(11-12-7-3-1-4-8-12)18-16(20)13-9-5-2-6-10-13;18-15(13-9-5-2-6-10-13)17-14(16(19)20)11-12-7-3-1-4-8-12;8-7-3-1-6(5-9)2-4-7;1-4-7(5-2)6-3;;/h2-16H,17H2,1H3,(H,25,26);1-11H,(H,18,20);1-11H,(H,17,18)(H,19,20);1-4,9H,5H2;4-6H2,1-3H3;2*1H4/b22-16-;2*14-11-;;;;. The molecule has 3 amide bonds. The topological polar surface area (TPSA) is 191 Å². The number of aliphatic hydroxyl groups is 1. The number of nitrogens with zero attached hydrogens (tertiary/aromatic N) is 1. The zero-order chi connectivity index (χ0) is 60.9. The zero-order valence-corrected chi connectivity index (χ0v) is 49.5. The van der Waals surface area contributed by atoms with E-state index in [0.29, 0.717) is 22.3 Å². The highest BCUT2D eigenvalue weighted by Gasteiger charge is 2.17. The average molecular weight is 1240 g/mol. The van der Waals surface area contributed by atoms with E-state index in [-0.39, 0.29) is 57.0 Å². The van der Waals surface area contributed by atoms with Crippen molar-refractivity contribution in [2.24, 2.45) is 0 Å². The molecule has 0 aliphatic heterocycles. The lowest BCUT2D eigenvalue weighted by molar-refractivity contribution is -0.140. The molecule has 0 bridgehead atoms. The van der Waals surface area contributed by atoms with Gasteiger partial charge in [0.2, 0.25) is 0 Å². The summed E-state index contributed by atoms with van der Waals surface area (Å²) >= 11 is 8.80. The highest BCUT2D eigenvalue weighted by molar-refractivity contribution is 9.10. The number of aliphatic hydroxyl groups excluding tert-OH is 1. The van der Waals surface area contributed by atoms with E-state index in [9.17, 15) is 28.8 Å². The maximum Gasteiger partial charge on any atom is 0.355 e. The van der Waals surface area contributed by atoms with Gasteiger partial charge >= 0.3 is 11.9 Å². The second-order valence-electron chi connectivity index (χ2n) is 17.9. The Balaban J connectivity index is 0.000000390. The van der Waals surface area contributed by atoms with Gasteiger partial charge in [-0.25, -0.2) is 9.59 Å². The molecule has 8 rings (SSSR count). The molecule has 0 atom stereocenters. The molecule has 0 heterocycles. The summed E-state index contributed by atoms with van der Waals surface area (Å²) in [5, 5.41) is 24.7. The van der Waals surface area contributed by atoms with Crippen molar-refractivity contribution in [1.29, 1.82) is 0 Å². The Hall–Kier alpha value is -9.31. The molecule has 0 unspecified atom stereocenters. The van der Waals surface area contributed by atoms with Crippen LogP contribution in [0, 0.1) is 6.92 Å². The molecule has 0 saturated carbocycles. The number of carboxylic acid groups (broad SMARTS) is 1. The SMILES string of the molecule is C.C.CCN(CC)CC.Cc1ccc(COC(=O)/C(=C/c2ccccc2)NC(=O)c2ccccc2)cc1.O=C(Cl)/C(=C/c1ccccc1)NC(=O)c1ccccc1.O=C(O)/C(=C/c1ccccc1)NC(=O)c1ccccc1.OCc1ccc(Br)cc1. The summed E-state index contributed by atoms with van der Waals surface area (Å²) in [6, 6.07) is 68.6. The number of nitrogens with one attached hydrogen (secondary N) is 3. The van der Waals surface area contributed by atoms with Crippen LogP contribution in [0.4, 0.5) is 0 Å². The number of rotatable bonds is 18. The molecule has 8 aromatic carbocycles. The number of aliphatic carboxylic acids is 1. The van der Waals surface area contributed by atoms with Crippen molar-refractivity contribution in [2.45, 2.75) is 55.8 Å². The lowest BCUT2D eigenvalue weighted by Gasteiger charge is -2.13. The van der Waals surface area contributed by atoms with Gasteiger partial charge in [-0.3, -0.25) is 19.2 Å². The molecule has 13 nitrogen and oxygen atoms in total. The van der Waals surface area contributed by atoms with Crippen LogP contribution in [0.3, 0.4) is 0 Å². The maximum absolute atomic E-state index is 12.6. The molecule has 0 aromatic heterocycles. The molecule has 0 aliphatic rings. The smallest absolute Gasteiger partial charge is 0.355 e. The first-order chi connectivity index (χ1) is 40.6. The summed E-state index contributed by atoms with van der Waals surface area (Å²) in [6.07, 6.45) is 4.57. The summed E-state index contributed by atoms with van der Waals surface area (Å²) in [6.45, 7) is 12.4. The van der Waals surface area contributed by atoms with Gasteiger partial charge in [-0.05, 0) is 133 Å². The van der Waals surface area contributed by atoms with Crippen LogP contribution in [0.15, 0.2) is 252 Å². The minimum Gasteiger partial charge on any atom is -0.477 e. The predicted molar refractivity (Wildman–Crippen MR) is 351 cm³/mol. The van der Waals surface area contributed by atoms with Crippen LogP contribution in [-0.2, 0) is 32.3 Å². The number of ether oxygens (including phenoxy) is 1. The number of amides is 3. The van der Waals surface area contributed by atoms with Gasteiger partial charge in [-0.15, -0.1) is 0 Å². The fraction of sp³-hybridized carbons (Fsp3) is 0.155. The highest BCUT2D eigenvalue weighted by Crippen LogP contribution is 2.14. The van der Waals surface area contributed by atoms with Crippen molar-refractivity contribution in [2.75, 3.05) is 19.6 Å². The van der Waals surface area contributed by atoms with E-state index < -0.39 is 23.1 Å². The third-order valence-electron chi connectivity index (χ3n) is 11.8. The van der Waals surface area contributed by atoms with Crippen LogP contribution in [0.2, 0.25) is 0 Å². The molecule has 0 saturated heterocycles. The molecule has 8 aromatic rings. The molecule has 448 valence electrons. The van der Waals surface area contributed by atoms with E-state index in [0.717, 1.165) is 32.3 Å². The minimum atomic E-state index is -1.18. The minimum absolute atomic E-state index is 0. The molecule has 0 fully saturated rings. The van der Waals surface area contributed by atoms with E-state index in [2.05, 4.69) is 57.6 Å². The van der Waals surface area contributed by atoms with Crippen molar-refractivity contribution in [1.82, 2.24) is 20.9 Å². The first-order valence-corrected chi connectivity index (χ1v) is 27.9. The molecular formula is C71H76BrClN4O9. The first kappa shape index (κ1) is 72.8. The van der Waals surface area contributed by atoms with Gasteiger partial charge < -0.3 is 35.8 Å². The highest BCUT2D eigenvalue weighted by atomic mass is 79.9. The quantitative estimate of drug-likeness (QED) is 0.0314. The fourth-order valence-corrected chi connectivity index (χ4v) is 7.48. The number of carboxylic acids is 1. The Morgan fingerprint density at radius 1 is 0.465 bits per heavy atom. The molecular weight excluding hydrogens is 1170 g/mol. The maximum atomic E-state index is 12.6. The average Bonchev–Trinajstić information content (AvgIpc) is 3.62. The van der Waals surface area contributed by atoms with Gasteiger partial charge in [-0.2, -0.15) is 0 Å². The van der Waals surface area contributed by atoms with Gasteiger partial charge in [0.1, 0.15) is 23.7 Å². The second kappa shape index (κ2) is 41.6. The summed E-state index contributed by atoms with van der Waals surface area (Å²) in [7, 11) is 0. The number of hydrogen-bond acceptors (Lipinski definition) is 9. The van der Waals surface area contributed by atoms with E-state index in [1.165, 1.54) is 31.8 Å². The Labute approximate surface area is 519 Å². The molecule has 86 heavy (non-hydrogen) atoms. The third-order valence-corrected chi connectivity index (χ3v) is 12.5. The van der Waals surface area contributed by atoms with Crippen LogP contribution in [0.25, 0.3) is 18.2 Å². The van der Waals surface area contributed by atoms with E-state index in [4.69, 9.17) is 26.6 Å². The van der Waals surface area contributed by atoms with Crippen molar-refractivity contribution >= 4 is 80.7 Å². The largest absolute Gasteiger partial charge is 0.477 e. The Kier molecular flexibility index (Phi) is 35.3. The van der Waals surface area contributed by atoms with Crippen molar-refractivity contribution < 1.29 is 43.7 Å². The van der Waals surface area contributed by atoms with Gasteiger partial charge in [0.25, 0.3) is 23.0 Å². The van der Waals surface area contributed by atoms with Crippen LogP contribution in [0.1, 0.15) is 100 Å². The molecule has 15 heteroatoms. The third kappa shape index (κ3) is 28.3. The first-order valence-electron chi connectivity index (χ1n) is 26.8. The van der Waals surface area contributed by atoms with Crippen LogP contribution in [0.5, 0.6) is 0 Å². The van der Waals surface area contributed by atoms with E-state index in [1.807, 2.05) is 134 Å². The van der Waals surface area contributed by atoms with Crippen LogP contribution in [-0.4, -0.2) is 69.6 Å². The van der Waals surface area contributed by atoms with Crippen LogP contribution >= 0.6 is 27.5 Å². The van der Waals surface area contributed by atoms with Gasteiger partial charge in [0, 0.05) is 21.2 Å². The number of hydrogen-bond donors (Lipinski definition) is 5. The number of carbonyl (C=O) groups excluding carboxylic acids is 5. The Bertz CT molecular complexity index is 3240. The van der Waals surface area contributed by atoms with Crippen molar-refractivity contribution in [3.05, 3.63) is 302 Å². The predicted octanol–water partition coefficient (Wildman–Crippen LogP) is 14.8. The summed E-state index contributed by atoms with van der Waals surface area (Å²) < 4.78 is 6.46. The summed E-state index contributed by atoms with van der Waals surface area (Å²) in [5.74, 6) is -2.96. The number of aryl methyl sites for hydroxylation is 1.